The molecule has 7 nitrogen and oxygen atoms in total. The van der Waals surface area contributed by atoms with Gasteiger partial charge in [0.2, 0.25) is 5.91 Å². The quantitative estimate of drug-likeness (QED) is 0.225. The number of hydrogen-bond donors (Lipinski definition) is 0. The number of benzene rings is 2. The first kappa shape index (κ1) is 34.8. The van der Waals surface area contributed by atoms with Gasteiger partial charge in [-0.05, 0) is 49.1 Å². The molecule has 4 rings (SSSR count). The van der Waals surface area contributed by atoms with E-state index in [1.54, 1.807) is 0 Å². The van der Waals surface area contributed by atoms with E-state index in [-0.39, 0.29) is 43.5 Å². The first-order chi connectivity index (χ1) is 20.6. The largest absolute Gasteiger partial charge is 0.435 e. The van der Waals surface area contributed by atoms with Crippen LogP contribution in [0.3, 0.4) is 0 Å². The van der Waals surface area contributed by atoms with Crippen molar-refractivity contribution in [3.63, 3.8) is 0 Å². The van der Waals surface area contributed by atoms with Crippen LogP contribution in [-0.4, -0.2) is 70.4 Å². The highest BCUT2D eigenvalue weighted by molar-refractivity contribution is 7.92. The molecule has 2 saturated heterocycles. The number of carbonyl (C=O) groups excluding carboxylic acids is 2. The molecule has 0 N–H and O–H groups in total. The van der Waals surface area contributed by atoms with Gasteiger partial charge in [0.05, 0.1) is 16.4 Å². The van der Waals surface area contributed by atoms with Gasteiger partial charge < -0.3 is 4.90 Å². The van der Waals surface area contributed by atoms with Crippen LogP contribution in [0.25, 0.3) is 0 Å². The molecule has 0 radical (unpaired) electrons. The fraction of sp³-hybridized carbons (Fsp3) is 0.500. The van der Waals surface area contributed by atoms with Gasteiger partial charge in [-0.1, -0.05) is 31.2 Å². The summed E-state index contributed by atoms with van der Waals surface area (Å²) in [7, 11) is -8.27. The van der Waals surface area contributed by atoms with Crippen LogP contribution in [0.4, 0.5) is 35.1 Å². The molecule has 2 aliphatic heterocycles. The van der Waals surface area contributed by atoms with Crippen molar-refractivity contribution < 1.29 is 61.5 Å². The van der Waals surface area contributed by atoms with Crippen molar-refractivity contribution >= 4 is 31.4 Å². The highest BCUT2D eigenvalue weighted by Crippen LogP contribution is 2.54. The second kappa shape index (κ2) is 11.3. The van der Waals surface area contributed by atoms with E-state index >= 15 is 0 Å². The maximum atomic E-state index is 14.7. The highest BCUT2D eigenvalue weighted by Gasteiger charge is 2.73. The summed E-state index contributed by atoms with van der Waals surface area (Å²) >= 11 is 0. The predicted octanol–water partition coefficient (Wildman–Crippen LogP) is 5.19. The Balaban J connectivity index is 1.84. The van der Waals surface area contributed by atoms with Gasteiger partial charge in [0.25, 0.3) is 0 Å². The lowest BCUT2D eigenvalue weighted by molar-refractivity contribution is -0.348. The number of Topliss-reactive ketones (excluding diaryl/α,β-unsaturated/α-hetero) is 1. The van der Waals surface area contributed by atoms with Crippen molar-refractivity contribution in [2.75, 3.05) is 24.6 Å². The van der Waals surface area contributed by atoms with Gasteiger partial charge in [0.15, 0.2) is 9.84 Å². The molecule has 1 amide bonds. The first-order valence-electron chi connectivity index (χ1n) is 13.5. The molecule has 2 aliphatic rings. The molecule has 45 heavy (non-hydrogen) atoms. The van der Waals surface area contributed by atoms with E-state index in [0.717, 1.165) is 29.2 Å². The highest BCUT2D eigenvalue weighted by atomic mass is 32.2. The third kappa shape index (κ3) is 5.63. The van der Waals surface area contributed by atoms with Crippen molar-refractivity contribution in [2.45, 2.75) is 60.3 Å². The summed E-state index contributed by atoms with van der Waals surface area (Å²) < 4.78 is 159. The molecule has 0 saturated carbocycles. The molecule has 0 aromatic heterocycles. The third-order valence-electron chi connectivity index (χ3n) is 8.69. The molecule has 2 aromatic rings. The molecule has 0 bridgehead atoms. The van der Waals surface area contributed by atoms with Gasteiger partial charge >= 0.3 is 18.0 Å². The predicted molar refractivity (Wildman–Crippen MR) is 143 cm³/mol. The Morgan fingerprint density at radius 1 is 0.844 bits per heavy atom. The topological polar surface area (TPSA) is 106 Å². The number of nitrogens with zero attached hydrogens (tertiary/aromatic N) is 1. The standard InChI is InChI=1S/C28H27F8NO6S2/c1-2-22(38)24(12-15-44(40,41)16-13-24)23(39)37-14-11-25(17-37,45(42,43)21-9-7-20(29)8-10-21)18-3-5-19(6-4-18)26(30,27(31,32)33)28(34,35)36/h3-10H,2,11-17H2,1H3/t25-/m0/s1. The van der Waals surface area contributed by atoms with E-state index in [9.17, 15) is 61.5 Å². The molecule has 2 heterocycles. The van der Waals surface area contributed by atoms with Gasteiger partial charge in [0.1, 0.15) is 31.6 Å². The lowest BCUT2D eigenvalue weighted by atomic mass is 9.75. The van der Waals surface area contributed by atoms with E-state index < -0.39 is 100 Å². The Hall–Kier alpha value is -3.08. The number of halogens is 8. The van der Waals surface area contributed by atoms with E-state index in [0.29, 0.717) is 12.1 Å². The maximum Gasteiger partial charge on any atom is 0.435 e. The summed E-state index contributed by atoms with van der Waals surface area (Å²) in [6.07, 6.45) is -14.2. The van der Waals surface area contributed by atoms with Crippen LogP contribution >= 0.6 is 0 Å². The summed E-state index contributed by atoms with van der Waals surface area (Å²) in [5.41, 5.74) is -9.83. The van der Waals surface area contributed by atoms with Gasteiger partial charge in [-0.2, -0.15) is 26.3 Å². The fourth-order valence-corrected chi connectivity index (χ4v) is 9.64. The number of sulfone groups is 2. The number of hydrogen-bond acceptors (Lipinski definition) is 6. The van der Waals surface area contributed by atoms with E-state index in [4.69, 9.17) is 0 Å². The average molecular weight is 690 g/mol. The van der Waals surface area contributed by atoms with Crippen LogP contribution in [0, 0.1) is 11.2 Å². The minimum absolute atomic E-state index is 0.149. The first-order valence-corrected chi connectivity index (χ1v) is 16.9. The number of carbonyl (C=O) groups is 2. The molecule has 248 valence electrons. The van der Waals surface area contributed by atoms with Gasteiger partial charge in [-0.25, -0.2) is 25.6 Å². The Bertz CT molecular complexity index is 1660. The molecule has 0 spiro atoms. The number of alkyl halides is 7. The molecule has 0 aliphatic carbocycles. The van der Waals surface area contributed by atoms with Crippen molar-refractivity contribution in [1.29, 1.82) is 0 Å². The number of amides is 1. The second-order valence-corrected chi connectivity index (χ2v) is 15.7. The Kier molecular flexibility index (Phi) is 8.75. The normalized spacial score (nSPS) is 22.3. The zero-order chi connectivity index (χ0) is 33.9. The van der Waals surface area contributed by atoms with Crippen molar-refractivity contribution in [1.82, 2.24) is 4.90 Å². The SMILES string of the molecule is CCC(=O)C1(C(=O)N2CC[C@](c3ccc(C(F)(C(F)(F)F)C(F)(F)F)cc3)(S(=O)(=O)c3ccc(F)cc3)C2)CCS(=O)(=O)CC1. The van der Waals surface area contributed by atoms with E-state index in [1.165, 1.54) is 6.92 Å². The lowest BCUT2D eigenvalue weighted by Gasteiger charge is -2.38. The van der Waals surface area contributed by atoms with Crippen LogP contribution < -0.4 is 0 Å². The Morgan fingerprint density at radius 3 is 1.82 bits per heavy atom. The lowest BCUT2D eigenvalue weighted by Crippen LogP contribution is -2.52. The summed E-state index contributed by atoms with van der Waals surface area (Å²) in [6.45, 7) is 0.364. The molecule has 1 atom stereocenters. The van der Waals surface area contributed by atoms with Crippen LogP contribution in [-0.2, 0) is 39.7 Å². The number of rotatable bonds is 7. The third-order valence-corrected chi connectivity index (χ3v) is 12.8. The average Bonchev–Trinajstić information content (AvgIpc) is 3.43. The Morgan fingerprint density at radius 2 is 1.36 bits per heavy atom. The van der Waals surface area contributed by atoms with E-state index in [2.05, 4.69) is 0 Å². The summed E-state index contributed by atoms with van der Waals surface area (Å²) in [4.78, 5) is 27.5. The summed E-state index contributed by atoms with van der Waals surface area (Å²) in [5.74, 6) is -3.23. The molecule has 2 fully saturated rings. The smallest absolute Gasteiger partial charge is 0.340 e. The molecule has 0 unspecified atom stereocenters. The van der Waals surface area contributed by atoms with Crippen LogP contribution in [0.2, 0.25) is 0 Å². The van der Waals surface area contributed by atoms with Crippen LogP contribution in [0.1, 0.15) is 43.7 Å². The fourth-order valence-electron chi connectivity index (χ4n) is 6.04. The van der Waals surface area contributed by atoms with Gasteiger partial charge in [-0.15, -0.1) is 0 Å². The molecule has 17 heteroatoms. The van der Waals surface area contributed by atoms with Crippen LogP contribution in [0.5, 0.6) is 0 Å². The van der Waals surface area contributed by atoms with E-state index in [1.807, 2.05) is 0 Å². The zero-order valence-electron chi connectivity index (χ0n) is 23.5. The summed E-state index contributed by atoms with van der Waals surface area (Å²) in [5, 5.41) is 0. The molecular formula is C28H27F8NO6S2. The molecule has 2 aromatic carbocycles. The van der Waals surface area contributed by atoms with Gasteiger partial charge in [-0.3, -0.25) is 9.59 Å². The monoisotopic (exact) mass is 689 g/mol. The number of likely N-dealkylation sites (tertiary alicyclic amines) is 1. The minimum atomic E-state index is -6.42. The zero-order valence-corrected chi connectivity index (χ0v) is 25.1. The van der Waals surface area contributed by atoms with Crippen molar-refractivity contribution in [3.05, 3.63) is 65.5 Å². The second-order valence-electron chi connectivity index (χ2n) is 11.2. The maximum absolute atomic E-state index is 14.7. The van der Waals surface area contributed by atoms with Crippen molar-refractivity contribution in [3.8, 4) is 0 Å². The minimum Gasteiger partial charge on any atom is -0.340 e. The van der Waals surface area contributed by atoms with Crippen LogP contribution in [0.15, 0.2) is 53.4 Å². The summed E-state index contributed by atoms with van der Waals surface area (Å²) in [6, 6.07) is 4.91. The number of ketones is 1. The molecular weight excluding hydrogens is 662 g/mol. The Labute approximate surface area is 253 Å². The van der Waals surface area contributed by atoms with Crippen molar-refractivity contribution in [2.24, 2.45) is 5.41 Å². The van der Waals surface area contributed by atoms with Gasteiger partial charge in [0, 0.05) is 25.1 Å².